The number of nitrogens with zero attached hydrogens (tertiary/aromatic N) is 1. The Bertz CT molecular complexity index is 403. The van der Waals surface area contributed by atoms with Gasteiger partial charge in [-0.15, -0.1) is 0 Å². The first kappa shape index (κ1) is 14.1. The van der Waals surface area contributed by atoms with Gasteiger partial charge >= 0.3 is 0 Å². The van der Waals surface area contributed by atoms with E-state index in [4.69, 9.17) is 0 Å². The first-order chi connectivity index (χ1) is 9.81. The molecule has 2 saturated carbocycles. The predicted octanol–water partition coefficient (Wildman–Crippen LogP) is 3.29. The summed E-state index contributed by atoms with van der Waals surface area (Å²) >= 11 is 0. The number of nitrogens with one attached hydrogen (secondary N) is 1. The molecule has 2 aliphatic rings. The Kier molecular flexibility index (Phi) is 4.74. The summed E-state index contributed by atoms with van der Waals surface area (Å²) in [7, 11) is 2.23. The monoisotopic (exact) mass is 272 g/mol. The number of hydrogen-bond donors (Lipinski definition) is 1. The van der Waals surface area contributed by atoms with Crippen LogP contribution in [0.4, 0.5) is 0 Å². The average molecular weight is 272 g/mol. The van der Waals surface area contributed by atoms with Gasteiger partial charge in [0.2, 0.25) is 0 Å². The zero-order chi connectivity index (χ0) is 13.8. The van der Waals surface area contributed by atoms with E-state index in [1.54, 1.807) is 0 Å². The molecule has 0 radical (unpaired) electrons. The fraction of sp³-hybridized carbons (Fsp3) is 0.667. The fourth-order valence-electron chi connectivity index (χ4n) is 4.11. The minimum atomic E-state index is 0.841. The van der Waals surface area contributed by atoms with Crippen molar-refractivity contribution in [3.63, 3.8) is 0 Å². The van der Waals surface area contributed by atoms with Crippen LogP contribution in [0.25, 0.3) is 0 Å². The van der Waals surface area contributed by atoms with E-state index in [0.717, 1.165) is 24.4 Å². The van der Waals surface area contributed by atoms with E-state index in [-0.39, 0.29) is 0 Å². The number of hydrogen-bond acceptors (Lipinski definition) is 2. The van der Waals surface area contributed by atoms with E-state index in [2.05, 4.69) is 47.6 Å². The Balaban J connectivity index is 1.30. The van der Waals surface area contributed by atoms with E-state index in [1.165, 1.54) is 50.8 Å². The zero-order valence-corrected chi connectivity index (χ0v) is 12.7. The molecule has 3 unspecified atom stereocenters. The highest BCUT2D eigenvalue weighted by atomic mass is 15.1. The molecule has 0 amide bonds. The van der Waals surface area contributed by atoms with Crippen molar-refractivity contribution in [3.05, 3.63) is 35.9 Å². The molecule has 2 heteroatoms. The summed E-state index contributed by atoms with van der Waals surface area (Å²) in [6.07, 6.45) is 7.20. The van der Waals surface area contributed by atoms with Crippen molar-refractivity contribution in [1.82, 2.24) is 10.2 Å². The van der Waals surface area contributed by atoms with Gasteiger partial charge in [0, 0.05) is 12.6 Å². The van der Waals surface area contributed by atoms with Gasteiger partial charge in [-0.2, -0.15) is 0 Å². The van der Waals surface area contributed by atoms with Crippen molar-refractivity contribution in [2.75, 3.05) is 20.1 Å². The van der Waals surface area contributed by atoms with Crippen LogP contribution in [0.15, 0.2) is 30.3 Å². The van der Waals surface area contributed by atoms with Crippen LogP contribution in [0.1, 0.15) is 37.7 Å². The predicted molar refractivity (Wildman–Crippen MR) is 84.6 cm³/mol. The van der Waals surface area contributed by atoms with Gasteiger partial charge in [0.05, 0.1) is 0 Å². The minimum Gasteiger partial charge on any atom is -0.314 e. The Morgan fingerprint density at radius 3 is 2.70 bits per heavy atom. The summed E-state index contributed by atoms with van der Waals surface area (Å²) in [5, 5.41) is 3.81. The van der Waals surface area contributed by atoms with E-state index in [1.807, 2.05) is 0 Å². The molecular weight excluding hydrogens is 244 g/mol. The smallest absolute Gasteiger partial charge is 0.0230 e. The van der Waals surface area contributed by atoms with Crippen LogP contribution in [0.3, 0.4) is 0 Å². The lowest BCUT2D eigenvalue weighted by molar-refractivity contribution is 0.303. The highest BCUT2D eigenvalue weighted by molar-refractivity contribution is 5.14. The van der Waals surface area contributed by atoms with Crippen molar-refractivity contribution >= 4 is 0 Å². The van der Waals surface area contributed by atoms with E-state index < -0.39 is 0 Å². The van der Waals surface area contributed by atoms with Crippen molar-refractivity contribution in [3.8, 4) is 0 Å². The van der Waals surface area contributed by atoms with Crippen LogP contribution in [0.5, 0.6) is 0 Å². The molecule has 1 aromatic carbocycles. The van der Waals surface area contributed by atoms with Gasteiger partial charge in [-0.25, -0.2) is 0 Å². The van der Waals surface area contributed by atoms with Crippen LogP contribution >= 0.6 is 0 Å². The van der Waals surface area contributed by atoms with Gasteiger partial charge in [0.25, 0.3) is 0 Å². The third-order valence-electron chi connectivity index (χ3n) is 5.16. The average Bonchev–Trinajstić information content (AvgIpc) is 3.07. The van der Waals surface area contributed by atoms with Crippen LogP contribution in [0.2, 0.25) is 0 Å². The summed E-state index contributed by atoms with van der Waals surface area (Å²) in [5.74, 6) is 2.06. The summed E-state index contributed by atoms with van der Waals surface area (Å²) in [4.78, 5) is 2.43. The summed E-state index contributed by atoms with van der Waals surface area (Å²) in [5.41, 5.74) is 1.41. The SMILES string of the molecule is CN(CCCNC1CC2CCC1C2)Cc1ccccc1. The second-order valence-electron chi connectivity index (χ2n) is 6.81. The van der Waals surface area contributed by atoms with Gasteiger partial charge in [-0.3, -0.25) is 0 Å². The number of rotatable bonds is 7. The molecule has 0 aromatic heterocycles. The fourth-order valence-corrected chi connectivity index (χ4v) is 4.11. The molecule has 3 rings (SSSR count). The molecule has 1 aromatic rings. The molecule has 20 heavy (non-hydrogen) atoms. The van der Waals surface area contributed by atoms with E-state index in [9.17, 15) is 0 Å². The third-order valence-corrected chi connectivity index (χ3v) is 5.16. The Morgan fingerprint density at radius 2 is 2.00 bits per heavy atom. The van der Waals surface area contributed by atoms with Gasteiger partial charge < -0.3 is 10.2 Å². The van der Waals surface area contributed by atoms with Crippen molar-refractivity contribution < 1.29 is 0 Å². The topological polar surface area (TPSA) is 15.3 Å². The van der Waals surface area contributed by atoms with Crippen molar-refractivity contribution in [2.24, 2.45) is 11.8 Å². The summed E-state index contributed by atoms with van der Waals surface area (Å²) < 4.78 is 0. The Labute approximate surface area is 123 Å². The quantitative estimate of drug-likeness (QED) is 0.766. The van der Waals surface area contributed by atoms with Crippen LogP contribution < -0.4 is 5.32 Å². The van der Waals surface area contributed by atoms with Crippen LogP contribution in [-0.2, 0) is 6.54 Å². The lowest BCUT2D eigenvalue weighted by Crippen LogP contribution is -2.35. The molecular formula is C18H28N2. The second kappa shape index (κ2) is 6.73. The molecule has 2 bridgehead atoms. The first-order valence-corrected chi connectivity index (χ1v) is 8.27. The lowest BCUT2D eigenvalue weighted by Gasteiger charge is -2.23. The minimum absolute atomic E-state index is 0.841. The van der Waals surface area contributed by atoms with Crippen molar-refractivity contribution in [1.29, 1.82) is 0 Å². The lowest BCUT2D eigenvalue weighted by atomic mass is 9.95. The van der Waals surface area contributed by atoms with Gasteiger partial charge in [-0.05, 0) is 63.2 Å². The standard InChI is InChI=1S/C18H28N2/c1-20(14-15-6-3-2-4-7-15)11-5-10-19-18-13-16-8-9-17(18)12-16/h2-4,6-7,16-19H,5,8-14H2,1H3. The van der Waals surface area contributed by atoms with Gasteiger partial charge in [0.1, 0.15) is 0 Å². The molecule has 0 heterocycles. The highest BCUT2D eigenvalue weighted by Crippen LogP contribution is 2.44. The zero-order valence-electron chi connectivity index (χ0n) is 12.7. The van der Waals surface area contributed by atoms with E-state index in [0.29, 0.717) is 0 Å². The third kappa shape index (κ3) is 3.62. The molecule has 2 nitrogen and oxygen atoms in total. The molecule has 0 spiro atoms. The largest absolute Gasteiger partial charge is 0.314 e. The normalized spacial score (nSPS) is 28.4. The second-order valence-corrected chi connectivity index (χ2v) is 6.81. The number of fused-ring (bicyclic) bond motifs is 2. The molecule has 0 saturated heterocycles. The summed E-state index contributed by atoms with van der Waals surface area (Å²) in [6, 6.07) is 11.6. The van der Waals surface area contributed by atoms with Gasteiger partial charge in [0.15, 0.2) is 0 Å². The van der Waals surface area contributed by atoms with Crippen LogP contribution in [0, 0.1) is 11.8 Å². The van der Waals surface area contributed by atoms with E-state index >= 15 is 0 Å². The maximum absolute atomic E-state index is 3.81. The Morgan fingerprint density at radius 1 is 1.15 bits per heavy atom. The maximum atomic E-state index is 3.81. The maximum Gasteiger partial charge on any atom is 0.0230 e. The van der Waals surface area contributed by atoms with Crippen molar-refractivity contribution in [2.45, 2.75) is 44.7 Å². The molecule has 2 fully saturated rings. The number of benzene rings is 1. The van der Waals surface area contributed by atoms with Gasteiger partial charge in [-0.1, -0.05) is 36.8 Å². The molecule has 1 N–H and O–H groups in total. The molecule has 110 valence electrons. The first-order valence-electron chi connectivity index (χ1n) is 8.27. The molecule has 3 atom stereocenters. The summed E-state index contributed by atoms with van der Waals surface area (Å²) in [6.45, 7) is 3.44. The Hall–Kier alpha value is -0.860. The molecule has 2 aliphatic carbocycles. The highest BCUT2D eigenvalue weighted by Gasteiger charge is 2.38. The molecule has 0 aliphatic heterocycles. The van der Waals surface area contributed by atoms with Crippen LogP contribution in [-0.4, -0.2) is 31.1 Å².